The smallest absolute Gasteiger partial charge is 0.664 e. The van der Waals surface area contributed by atoms with Crippen molar-refractivity contribution < 1.29 is 79.4 Å². The Labute approximate surface area is 152 Å². The first kappa shape index (κ1) is 21.0. The first-order valence-electron chi connectivity index (χ1n) is 5.29. The largest absolute Gasteiger partial charge is 1.00 e. The molecule has 0 aliphatic carbocycles. The van der Waals surface area contributed by atoms with Crippen molar-refractivity contribution in [3.8, 4) is 11.5 Å². The molecule has 0 atom stereocenters. The van der Waals surface area contributed by atoms with Crippen molar-refractivity contribution in [3.05, 3.63) is 23.3 Å². The molecular formula is C12H16Na2O4. The van der Waals surface area contributed by atoms with Gasteiger partial charge in [-0.05, 0) is 23.5 Å². The molecule has 0 N–H and O–H groups in total. The van der Waals surface area contributed by atoms with E-state index in [0.717, 1.165) is 11.1 Å². The molecule has 1 aromatic carbocycles. The zero-order valence-electron chi connectivity index (χ0n) is 11.9. The second-order valence-electron chi connectivity index (χ2n) is 4.37. The summed E-state index contributed by atoms with van der Waals surface area (Å²) in [4.78, 5) is 7.93. The molecule has 90 valence electrons. The van der Waals surface area contributed by atoms with Gasteiger partial charge < -0.3 is 20.3 Å². The number of benzene rings is 1. The first-order chi connectivity index (χ1) is 7.52. The van der Waals surface area contributed by atoms with Crippen LogP contribution in [0.3, 0.4) is 0 Å². The van der Waals surface area contributed by atoms with E-state index in [4.69, 9.17) is 0 Å². The van der Waals surface area contributed by atoms with Crippen LogP contribution in [-0.2, 0) is 0 Å². The van der Waals surface area contributed by atoms with Crippen LogP contribution in [0.4, 0.5) is 0 Å². The molecular weight excluding hydrogens is 254 g/mol. The molecule has 0 aliphatic rings. The molecule has 0 fully saturated rings. The summed E-state index contributed by atoms with van der Waals surface area (Å²) >= 11 is 0. The van der Waals surface area contributed by atoms with Gasteiger partial charge in [-0.15, -0.1) is 0 Å². The Morgan fingerprint density at radius 3 is 1.78 bits per heavy atom. The van der Waals surface area contributed by atoms with Crippen molar-refractivity contribution >= 4 is 0 Å². The predicted octanol–water partition coefficient (Wildman–Crippen LogP) is -4.75. The van der Waals surface area contributed by atoms with Crippen molar-refractivity contribution in [3.63, 3.8) is 0 Å². The molecule has 18 heavy (non-hydrogen) atoms. The molecule has 0 spiro atoms. The third-order valence-corrected chi connectivity index (χ3v) is 2.57. The van der Waals surface area contributed by atoms with Crippen molar-refractivity contribution in [2.45, 2.75) is 39.5 Å². The van der Waals surface area contributed by atoms with Crippen LogP contribution < -0.4 is 79.4 Å². The summed E-state index contributed by atoms with van der Waals surface area (Å²) in [6.07, 6.45) is 0. The molecule has 0 saturated heterocycles. The van der Waals surface area contributed by atoms with Crippen LogP contribution in [0.25, 0.3) is 0 Å². The van der Waals surface area contributed by atoms with Crippen LogP contribution >= 0.6 is 0 Å². The minimum atomic E-state index is -0.0527. The summed E-state index contributed by atoms with van der Waals surface area (Å²) in [7, 11) is 0. The summed E-state index contributed by atoms with van der Waals surface area (Å²) in [6.45, 7) is 7.93. The van der Waals surface area contributed by atoms with E-state index < -0.39 is 0 Å². The van der Waals surface area contributed by atoms with E-state index in [-0.39, 0.29) is 82.4 Å². The molecule has 0 aliphatic heterocycles. The molecule has 0 amide bonds. The normalized spacial score (nSPS) is 9.78. The second-order valence-corrected chi connectivity index (χ2v) is 4.37. The van der Waals surface area contributed by atoms with E-state index in [9.17, 15) is 10.5 Å². The number of hydrogen-bond acceptors (Lipinski definition) is 4. The number of hydrogen-bond donors (Lipinski definition) is 0. The van der Waals surface area contributed by atoms with Crippen LogP contribution in [0.2, 0.25) is 0 Å². The zero-order chi connectivity index (χ0) is 12.3. The summed E-state index contributed by atoms with van der Waals surface area (Å²) in [5.41, 5.74) is 1.75. The minimum absolute atomic E-state index is 0. The van der Waals surface area contributed by atoms with Gasteiger partial charge in [0.1, 0.15) is 0 Å². The standard InChI is InChI=1S/C12H18O4.2Na/c1-7(2)9-5-6-10(15-13)12(16-14)11(9)8(3)4;;/h5-8,13-14H,1-4H3;;/q;2*+1/p-2. The van der Waals surface area contributed by atoms with Gasteiger partial charge in [0.2, 0.25) is 0 Å². The van der Waals surface area contributed by atoms with E-state index in [0.29, 0.717) is 0 Å². The van der Waals surface area contributed by atoms with E-state index in [1.807, 2.05) is 27.7 Å². The van der Waals surface area contributed by atoms with Crippen molar-refractivity contribution in [1.29, 1.82) is 0 Å². The average molecular weight is 270 g/mol. The second kappa shape index (κ2) is 9.61. The van der Waals surface area contributed by atoms with E-state index in [2.05, 4.69) is 9.78 Å². The van der Waals surface area contributed by atoms with Gasteiger partial charge >= 0.3 is 59.1 Å². The van der Waals surface area contributed by atoms with Crippen molar-refractivity contribution in [2.24, 2.45) is 0 Å². The molecule has 0 bridgehead atoms. The fourth-order valence-electron chi connectivity index (χ4n) is 1.85. The Morgan fingerprint density at radius 2 is 1.44 bits per heavy atom. The summed E-state index contributed by atoms with van der Waals surface area (Å²) in [5.74, 6) is 0.308. The Kier molecular flexibility index (Phi) is 11.2. The van der Waals surface area contributed by atoms with Gasteiger partial charge in [0.25, 0.3) is 0 Å². The minimum Gasteiger partial charge on any atom is -0.664 e. The first-order valence-corrected chi connectivity index (χ1v) is 5.29. The molecule has 1 rings (SSSR count). The summed E-state index contributed by atoms with van der Waals surface area (Å²) in [5, 5.41) is 21.1. The van der Waals surface area contributed by atoms with Crippen molar-refractivity contribution in [2.75, 3.05) is 0 Å². The predicted molar refractivity (Wildman–Crippen MR) is 55.9 cm³/mol. The van der Waals surface area contributed by atoms with Gasteiger partial charge in [-0.2, -0.15) is 0 Å². The molecule has 6 heteroatoms. The van der Waals surface area contributed by atoms with Gasteiger partial charge in [0.05, 0.1) is 0 Å². The Hall–Kier alpha value is 0.740. The maximum absolute atomic E-state index is 10.7. The molecule has 0 aromatic heterocycles. The monoisotopic (exact) mass is 270 g/mol. The summed E-state index contributed by atoms with van der Waals surface area (Å²) in [6, 6.07) is 3.28. The topological polar surface area (TPSA) is 64.6 Å². The maximum Gasteiger partial charge on any atom is 1.00 e. The van der Waals surface area contributed by atoms with Crippen LogP contribution in [-0.4, -0.2) is 0 Å². The van der Waals surface area contributed by atoms with Gasteiger partial charge in [-0.1, -0.05) is 33.8 Å². The SMILES string of the molecule is CC(C)c1ccc(O[O-])c(O[O-])c1C(C)C.[Na+].[Na+]. The van der Waals surface area contributed by atoms with Gasteiger partial charge in [0, 0.05) is 5.56 Å². The van der Waals surface area contributed by atoms with Crippen LogP contribution in [0.5, 0.6) is 11.5 Å². The summed E-state index contributed by atoms with van der Waals surface area (Å²) < 4.78 is 0. The molecule has 0 saturated carbocycles. The molecule has 1 aromatic rings. The van der Waals surface area contributed by atoms with Gasteiger partial charge in [0.15, 0.2) is 11.5 Å². The fraction of sp³-hybridized carbons (Fsp3) is 0.500. The third kappa shape index (κ3) is 4.69. The number of rotatable bonds is 4. The Bertz CT molecular complexity index is 367. The molecule has 0 heterocycles. The van der Waals surface area contributed by atoms with Gasteiger partial charge in [-0.25, -0.2) is 0 Å². The molecule has 0 radical (unpaired) electrons. The van der Waals surface area contributed by atoms with Crippen molar-refractivity contribution in [1.82, 2.24) is 0 Å². The molecule has 0 unspecified atom stereocenters. The fourth-order valence-corrected chi connectivity index (χ4v) is 1.85. The molecule has 4 nitrogen and oxygen atoms in total. The van der Waals surface area contributed by atoms with E-state index in [1.165, 1.54) is 6.07 Å². The quantitative estimate of drug-likeness (QED) is 0.313. The Balaban J connectivity index is 0. The maximum atomic E-state index is 10.7. The average Bonchev–Trinajstić information content (AvgIpc) is 2.26. The third-order valence-electron chi connectivity index (χ3n) is 2.57. The van der Waals surface area contributed by atoms with Gasteiger partial charge in [-0.3, -0.25) is 0 Å². The Morgan fingerprint density at radius 1 is 0.889 bits per heavy atom. The van der Waals surface area contributed by atoms with E-state index >= 15 is 0 Å². The van der Waals surface area contributed by atoms with E-state index in [1.54, 1.807) is 6.07 Å². The zero-order valence-corrected chi connectivity index (χ0v) is 15.9. The van der Waals surface area contributed by atoms with Crippen LogP contribution in [0.1, 0.15) is 50.7 Å². The van der Waals surface area contributed by atoms with Crippen LogP contribution in [0, 0.1) is 0 Å². The van der Waals surface area contributed by atoms with Crippen LogP contribution in [0.15, 0.2) is 12.1 Å².